The van der Waals surface area contributed by atoms with Crippen LogP contribution in [0.5, 0.6) is 11.5 Å². The maximum Gasteiger partial charge on any atom is 0.263 e. The number of carbonyl (C=O) groups is 1. The highest BCUT2D eigenvalue weighted by atomic mass is 35.5. The lowest BCUT2D eigenvalue weighted by Gasteiger charge is -2.17. The van der Waals surface area contributed by atoms with Crippen molar-refractivity contribution in [3.05, 3.63) is 82.4 Å². The monoisotopic (exact) mass is 488 g/mol. The van der Waals surface area contributed by atoms with Gasteiger partial charge in [-0.1, -0.05) is 29.8 Å². The Hall–Kier alpha value is -3.23. The largest absolute Gasteiger partial charge is 0.493 e. The van der Waals surface area contributed by atoms with Crippen LogP contribution in [-0.2, 0) is 10.0 Å². The molecule has 33 heavy (non-hydrogen) atoms. The van der Waals surface area contributed by atoms with E-state index in [1.165, 1.54) is 25.3 Å². The molecule has 0 fully saturated rings. The number of hydrogen-bond donors (Lipinski definition) is 2. The molecule has 0 saturated heterocycles. The highest BCUT2D eigenvalue weighted by Gasteiger charge is 2.21. The highest BCUT2D eigenvalue weighted by molar-refractivity contribution is 7.92. The molecule has 0 aliphatic rings. The normalized spacial score (nSPS) is 12.0. The molecule has 3 rings (SSSR count). The van der Waals surface area contributed by atoms with Crippen LogP contribution < -0.4 is 19.5 Å². The number of hydrogen-bond acceptors (Lipinski definition) is 5. The molecule has 0 spiro atoms. The summed E-state index contributed by atoms with van der Waals surface area (Å²) in [5.74, 6) is 0.674. The molecule has 0 aliphatic heterocycles. The number of nitrogens with one attached hydrogen (secondary N) is 2. The van der Waals surface area contributed by atoms with Crippen molar-refractivity contribution in [2.45, 2.75) is 24.8 Å². The first kappa shape index (κ1) is 24.4. The van der Waals surface area contributed by atoms with Crippen LogP contribution in [0.15, 0.2) is 65.6 Å². The maximum absolute atomic E-state index is 12.9. The fourth-order valence-electron chi connectivity index (χ4n) is 3.25. The minimum Gasteiger partial charge on any atom is -0.493 e. The predicted octanol–water partition coefficient (Wildman–Crippen LogP) is 4.96. The van der Waals surface area contributed by atoms with Gasteiger partial charge in [-0.15, -0.1) is 0 Å². The first-order valence-corrected chi connectivity index (χ1v) is 11.9. The van der Waals surface area contributed by atoms with E-state index in [4.69, 9.17) is 21.1 Å². The first-order chi connectivity index (χ1) is 15.6. The molecule has 0 aromatic heterocycles. The minimum atomic E-state index is -4.01. The Balaban J connectivity index is 1.83. The smallest absolute Gasteiger partial charge is 0.263 e. The zero-order chi connectivity index (χ0) is 24.2. The number of rotatable bonds is 8. The van der Waals surface area contributed by atoms with Gasteiger partial charge in [-0.2, -0.15) is 0 Å². The molecule has 0 bridgehead atoms. The number of benzene rings is 3. The third-order valence-electron chi connectivity index (χ3n) is 5.01. The molecule has 3 aromatic rings. The number of aryl methyl sites for hydroxylation is 1. The SMILES string of the molecule is COc1ccc([C@H](C)NC(=O)c2ccc(Cl)c(S(=O)(=O)Nc3cccc(C)c3)c2)cc1OC. The van der Waals surface area contributed by atoms with E-state index in [1.807, 2.05) is 26.0 Å². The number of halogens is 1. The Bertz CT molecular complexity index is 1280. The van der Waals surface area contributed by atoms with E-state index in [0.29, 0.717) is 17.2 Å². The van der Waals surface area contributed by atoms with Crippen LogP contribution in [0.4, 0.5) is 5.69 Å². The molecule has 3 aromatic carbocycles. The summed E-state index contributed by atoms with van der Waals surface area (Å²) in [6, 6.07) is 16.0. The average molecular weight is 489 g/mol. The summed E-state index contributed by atoms with van der Waals surface area (Å²) < 4.78 is 38.9. The van der Waals surface area contributed by atoms with Crippen molar-refractivity contribution in [1.29, 1.82) is 0 Å². The minimum absolute atomic E-state index is 0.0136. The summed E-state index contributed by atoms with van der Waals surface area (Å²) in [5, 5.41) is 2.88. The topological polar surface area (TPSA) is 93.7 Å². The van der Waals surface area contributed by atoms with E-state index in [-0.39, 0.29) is 21.5 Å². The van der Waals surface area contributed by atoms with Crippen molar-refractivity contribution in [3.63, 3.8) is 0 Å². The fraction of sp³-hybridized carbons (Fsp3) is 0.208. The number of methoxy groups -OCH3 is 2. The van der Waals surface area contributed by atoms with Crippen LogP contribution in [0, 0.1) is 6.92 Å². The van der Waals surface area contributed by atoms with Crippen molar-refractivity contribution < 1.29 is 22.7 Å². The summed E-state index contributed by atoms with van der Waals surface area (Å²) in [7, 11) is -0.929. The molecule has 1 atom stereocenters. The maximum atomic E-state index is 12.9. The van der Waals surface area contributed by atoms with E-state index < -0.39 is 15.9 Å². The van der Waals surface area contributed by atoms with Gasteiger partial charge in [0.05, 0.1) is 25.3 Å². The van der Waals surface area contributed by atoms with Gasteiger partial charge in [0, 0.05) is 11.3 Å². The van der Waals surface area contributed by atoms with Gasteiger partial charge in [-0.05, 0) is 67.4 Å². The first-order valence-electron chi connectivity index (χ1n) is 10.1. The molecule has 9 heteroatoms. The molecule has 0 heterocycles. The van der Waals surface area contributed by atoms with Gasteiger partial charge in [0.2, 0.25) is 0 Å². The van der Waals surface area contributed by atoms with Crippen LogP contribution in [0.3, 0.4) is 0 Å². The standard InChI is InChI=1S/C24H25ClN2O5S/c1-15-6-5-7-19(12-15)27-33(29,30)23-14-18(8-10-20(23)25)24(28)26-16(2)17-9-11-21(31-3)22(13-17)32-4/h5-14,16,27H,1-4H3,(H,26,28)/t16-/m0/s1. The molecule has 2 N–H and O–H groups in total. The van der Waals surface area contributed by atoms with Gasteiger partial charge in [-0.3, -0.25) is 9.52 Å². The van der Waals surface area contributed by atoms with E-state index >= 15 is 0 Å². The number of amides is 1. The summed E-state index contributed by atoms with van der Waals surface area (Å²) in [6.45, 7) is 3.67. The molecular formula is C24H25ClN2O5S. The summed E-state index contributed by atoms with van der Waals surface area (Å²) >= 11 is 6.17. The summed E-state index contributed by atoms with van der Waals surface area (Å²) in [6.07, 6.45) is 0. The number of sulfonamides is 1. The highest BCUT2D eigenvalue weighted by Crippen LogP contribution is 2.30. The molecule has 7 nitrogen and oxygen atoms in total. The number of carbonyl (C=O) groups excluding carboxylic acids is 1. The van der Waals surface area contributed by atoms with Crippen LogP contribution in [0.25, 0.3) is 0 Å². The van der Waals surface area contributed by atoms with Crippen molar-refractivity contribution in [2.24, 2.45) is 0 Å². The van der Waals surface area contributed by atoms with E-state index in [0.717, 1.165) is 11.1 Å². The zero-order valence-electron chi connectivity index (χ0n) is 18.7. The lowest BCUT2D eigenvalue weighted by atomic mass is 10.1. The summed E-state index contributed by atoms with van der Waals surface area (Å²) in [4.78, 5) is 12.7. The lowest BCUT2D eigenvalue weighted by molar-refractivity contribution is 0.0939. The van der Waals surface area contributed by atoms with Crippen LogP contribution in [0.2, 0.25) is 5.02 Å². The van der Waals surface area contributed by atoms with Crippen LogP contribution in [0.1, 0.15) is 34.5 Å². The Labute approximate surface area is 198 Å². The van der Waals surface area contributed by atoms with Crippen LogP contribution in [-0.4, -0.2) is 28.5 Å². The molecule has 1 amide bonds. The fourth-order valence-corrected chi connectivity index (χ4v) is 4.83. The van der Waals surface area contributed by atoms with Gasteiger partial charge < -0.3 is 14.8 Å². The van der Waals surface area contributed by atoms with E-state index in [9.17, 15) is 13.2 Å². The van der Waals surface area contributed by atoms with Gasteiger partial charge in [0.15, 0.2) is 11.5 Å². The Morgan fingerprint density at radius 2 is 1.70 bits per heavy atom. The predicted molar refractivity (Wildman–Crippen MR) is 129 cm³/mol. The van der Waals surface area contributed by atoms with Gasteiger partial charge in [-0.25, -0.2) is 8.42 Å². The molecule has 0 unspecified atom stereocenters. The third-order valence-corrected chi connectivity index (χ3v) is 6.87. The Morgan fingerprint density at radius 3 is 2.36 bits per heavy atom. The number of anilines is 1. The van der Waals surface area contributed by atoms with Crippen molar-refractivity contribution >= 4 is 33.2 Å². The quantitative estimate of drug-likeness (QED) is 0.467. The van der Waals surface area contributed by atoms with Gasteiger partial charge in [0.1, 0.15) is 4.90 Å². The van der Waals surface area contributed by atoms with E-state index in [2.05, 4.69) is 10.0 Å². The second-order valence-electron chi connectivity index (χ2n) is 7.43. The van der Waals surface area contributed by atoms with Gasteiger partial charge in [0.25, 0.3) is 15.9 Å². The second-order valence-corrected chi connectivity index (χ2v) is 9.49. The zero-order valence-corrected chi connectivity index (χ0v) is 20.3. The Morgan fingerprint density at radius 1 is 0.970 bits per heavy atom. The van der Waals surface area contributed by atoms with Crippen LogP contribution >= 0.6 is 11.6 Å². The number of ether oxygens (including phenoxy) is 2. The van der Waals surface area contributed by atoms with Crippen molar-refractivity contribution in [1.82, 2.24) is 5.32 Å². The van der Waals surface area contributed by atoms with Gasteiger partial charge >= 0.3 is 0 Å². The van der Waals surface area contributed by atoms with Crippen molar-refractivity contribution in [3.8, 4) is 11.5 Å². The van der Waals surface area contributed by atoms with E-state index in [1.54, 1.807) is 37.4 Å². The molecule has 0 saturated carbocycles. The second kappa shape index (κ2) is 10.1. The molecule has 0 aliphatic carbocycles. The third kappa shape index (κ3) is 5.77. The Kier molecular flexibility index (Phi) is 7.50. The van der Waals surface area contributed by atoms with Crippen molar-refractivity contribution in [2.75, 3.05) is 18.9 Å². The molecular weight excluding hydrogens is 464 g/mol. The average Bonchev–Trinajstić information content (AvgIpc) is 2.78. The summed E-state index contributed by atoms with van der Waals surface area (Å²) in [5.41, 5.74) is 2.27. The molecule has 174 valence electrons. The molecule has 0 radical (unpaired) electrons. The lowest BCUT2D eigenvalue weighted by Crippen LogP contribution is -2.27.